The summed E-state index contributed by atoms with van der Waals surface area (Å²) in [6, 6.07) is 15.5. The van der Waals surface area contributed by atoms with E-state index in [1.807, 2.05) is 18.2 Å². The summed E-state index contributed by atoms with van der Waals surface area (Å²) in [5, 5.41) is 3.61. The van der Waals surface area contributed by atoms with Gasteiger partial charge in [0.25, 0.3) is 0 Å². The van der Waals surface area contributed by atoms with Crippen LogP contribution in [0.25, 0.3) is 11.0 Å². The minimum atomic E-state index is 0.0252. The Morgan fingerprint density at radius 3 is 2.61 bits per heavy atom. The summed E-state index contributed by atoms with van der Waals surface area (Å²) in [5.41, 5.74) is 3.06. The molecule has 0 saturated carbocycles. The number of carbonyl (C=O) groups excluding carboxylic acids is 1. The van der Waals surface area contributed by atoms with E-state index in [4.69, 9.17) is 11.6 Å². The predicted octanol–water partition coefficient (Wildman–Crippen LogP) is 4.35. The van der Waals surface area contributed by atoms with E-state index in [1.54, 1.807) is 12.1 Å². The molecule has 0 bridgehead atoms. The van der Waals surface area contributed by atoms with Gasteiger partial charge in [0.05, 0.1) is 17.6 Å². The Labute approximate surface area is 170 Å². The molecule has 1 aromatic heterocycles. The van der Waals surface area contributed by atoms with Crippen molar-refractivity contribution in [3.05, 3.63) is 59.4 Å². The third-order valence-corrected chi connectivity index (χ3v) is 5.74. The fourth-order valence-electron chi connectivity index (χ4n) is 3.95. The van der Waals surface area contributed by atoms with E-state index < -0.39 is 0 Å². The van der Waals surface area contributed by atoms with E-state index in [1.165, 1.54) is 5.52 Å². The van der Waals surface area contributed by atoms with Crippen molar-refractivity contribution in [3.8, 4) is 0 Å². The predicted molar refractivity (Wildman–Crippen MR) is 114 cm³/mol. The number of aryl methyl sites for hydroxylation is 1. The highest BCUT2D eigenvalue weighted by atomic mass is 35.5. The highest BCUT2D eigenvalue weighted by Gasteiger charge is 2.22. The molecule has 1 N–H and O–H groups in total. The Balaban J connectivity index is 1.29. The normalized spacial score (nSPS) is 15.8. The van der Waals surface area contributed by atoms with E-state index in [0.717, 1.165) is 49.5 Å². The first-order valence-electron chi connectivity index (χ1n) is 9.78. The third kappa shape index (κ3) is 4.37. The molecule has 1 amide bonds. The zero-order valence-electron chi connectivity index (χ0n) is 16.1. The van der Waals surface area contributed by atoms with Crippen molar-refractivity contribution >= 4 is 34.2 Å². The summed E-state index contributed by atoms with van der Waals surface area (Å²) in [7, 11) is 0. The molecule has 2 aromatic carbocycles. The number of amides is 1. The van der Waals surface area contributed by atoms with Gasteiger partial charge < -0.3 is 9.88 Å². The monoisotopic (exact) mass is 396 g/mol. The van der Waals surface area contributed by atoms with E-state index >= 15 is 0 Å². The lowest BCUT2D eigenvalue weighted by atomic mass is 9.96. The van der Waals surface area contributed by atoms with Crippen molar-refractivity contribution < 1.29 is 4.79 Å². The fourth-order valence-corrected chi connectivity index (χ4v) is 4.07. The summed E-state index contributed by atoms with van der Waals surface area (Å²) < 4.78 is 2.34. The van der Waals surface area contributed by atoms with Gasteiger partial charge in [0.1, 0.15) is 5.82 Å². The molecule has 0 unspecified atom stereocenters. The Morgan fingerprint density at radius 1 is 1.14 bits per heavy atom. The molecule has 1 saturated heterocycles. The van der Waals surface area contributed by atoms with Crippen molar-refractivity contribution in [2.75, 3.05) is 25.0 Å². The van der Waals surface area contributed by atoms with Gasteiger partial charge >= 0.3 is 0 Å². The number of piperidine rings is 1. The van der Waals surface area contributed by atoms with E-state index in [-0.39, 0.29) is 5.91 Å². The highest BCUT2D eigenvalue weighted by molar-refractivity contribution is 6.30. The number of hydrogen-bond acceptors (Lipinski definition) is 3. The second-order valence-corrected chi connectivity index (χ2v) is 7.97. The van der Waals surface area contributed by atoms with E-state index in [9.17, 15) is 4.79 Å². The minimum absolute atomic E-state index is 0.0252. The van der Waals surface area contributed by atoms with Crippen LogP contribution in [-0.4, -0.2) is 40.0 Å². The van der Waals surface area contributed by atoms with Gasteiger partial charge in [0.15, 0.2) is 0 Å². The van der Waals surface area contributed by atoms with Gasteiger partial charge in [0, 0.05) is 17.3 Å². The SMILES string of the molecule is Cc1nc2ccccc2n1CC1CCN(CC(=O)Nc2ccc(Cl)cc2)CC1. The summed E-state index contributed by atoms with van der Waals surface area (Å²) in [4.78, 5) is 19.2. The average molecular weight is 397 g/mol. The molecular formula is C22H25ClN4O. The minimum Gasteiger partial charge on any atom is -0.328 e. The van der Waals surface area contributed by atoms with Crippen LogP contribution in [0, 0.1) is 12.8 Å². The molecule has 0 radical (unpaired) electrons. The van der Waals surface area contributed by atoms with Gasteiger partial charge in [-0.25, -0.2) is 4.98 Å². The van der Waals surface area contributed by atoms with Crippen LogP contribution >= 0.6 is 11.6 Å². The van der Waals surface area contributed by atoms with Crippen LogP contribution in [-0.2, 0) is 11.3 Å². The zero-order valence-corrected chi connectivity index (χ0v) is 16.8. The van der Waals surface area contributed by atoms with Crippen LogP contribution in [0.2, 0.25) is 5.02 Å². The van der Waals surface area contributed by atoms with Gasteiger partial charge in [-0.15, -0.1) is 0 Å². The molecule has 1 aliphatic rings. The van der Waals surface area contributed by atoms with Crippen LogP contribution in [0.3, 0.4) is 0 Å². The topological polar surface area (TPSA) is 50.2 Å². The number of imidazole rings is 1. The molecular weight excluding hydrogens is 372 g/mol. The number of nitrogens with zero attached hydrogens (tertiary/aromatic N) is 3. The quantitative estimate of drug-likeness (QED) is 0.697. The maximum absolute atomic E-state index is 12.3. The first kappa shape index (κ1) is 19.0. The largest absolute Gasteiger partial charge is 0.328 e. The molecule has 28 heavy (non-hydrogen) atoms. The number of para-hydroxylation sites is 2. The summed E-state index contributed by atoms with van der Waals surface area (Å²) >= 11 is 5.88. The molecule has 1 fully saturated rings. The van der Waals surface area contributed by atoms with Crippen molar-refractivity contribution in [2.24, 2.45) is 5.92 Å². The van der Waals surface area contributed by atoms with Crippen molar-refractivity contribution in [2.45, 2.75) is 26.3 Å². The zero-order chi connectivity index (χ0) is 19.5. The van der Waals surface area contributed by atoms with Gasteiger partial charge in [-0.1, -0.05) is 23.7 Å². The molecule has 0 atom stereocenters. The van der Waals surface area contributed by atoms with Crippen LogP contribution in [0.15, 0.2) is 48.5 Å². The van der Waals surface area contributed by atoms with E-state index in [2.05, 4.69) is 44.9 Å². The second kappa shape index (κ2) is 8.33. The van der Waals surface area contributed by atoms with Crippen LogP contribution < -0.4 is 5.32 Å². The number of carbonyl (C=O) groups is 1. The number of fused-ring (bicyclic) bond motifs is 1. The number of nitrogens with one attached hydrogen (secondary N) is 1. The van der Waals surface area contributed by atoms with Crippen molar-refractivity contribution in [1.82, 2.24) is 14.5 Å². The number of anilines is 1. The summed E-state index contributed by atoms with van der Waals surface area (Å²) in [6.07, 6.45) is 2.19. The number of likely N-dealkylation sites (tertiary alicyclic amines) is 1. The Bertz CT molecular complexity index is 958. The standard InChI is InChI=1S/C22H25ClN4O/c1-16-24-20-4-2-3-5-21(20)27(16)14-17-10-12-26(13-11-17)15-22(28)25-19-8-6-18(23)7-9-19/h2-9,17H,10-15H2,1H3,(H,25,28). The maximum Gasteiger partial charge on any atom is 0.238 e. The molecule has 4 rings (SSSR count). The third-order valence-electron chi connectivity index (χ3n) is 5.49. The van der Waals surface area contributed by atoms with Gasteiger partial charge in [-0.05, 0) is 75.2 Å². The smallest absolute Gasteiger partial charge is 0.238 e. The number of benzene rings is 2. The summed E-state index contributed by atoms with van der Waals surface area (Å²) in [6.45, 7) is 5.41. The maximum atomic E-state index is 12.3. The number of rotatable bonds is 5. The lowest BCUT2D eigenvalue weighted by Gasteiger charge is -2.31. The fraction of sp³-hybridized carbons (Fsp3) is 0.364. The molecule has 0 spiro atoms. The van der Waals surface area contributed by atoms with Crippen LogP contribution in [0.4, 0.5) is 5.69 Å². The summed E-state index contributed by atoms with van der Waals surface area (Å²) in [5.74, 6) is 1.72. The van der Waals surface area contributed by atoms with Gasteiger partial charge in [-0.3, -0.25) is 9.69 Å². The molecule has 6 heteroatoms. The first-order valence-corrected chi connectivity index (χ1v) is 10.2. The number of hydrogen-bond donors (Lipinski definition) is 1. The van der Waals surface area contributed by atoms with Crippen molar-refractivity contribution in [3.63, 3.8) is 0 Å². The Morgan fingerprint density at radius 2 is 1.86 bits per heavy atom. The number of aromatic nitrogens is 2. The molecule has 3 aromatic rings. The highest BCUT2D eigenvalue weighted by Crippen LogP contribution is 2.23. The van der Waals surface area contributed by atoms with E-state index in [0.29, 0.717) is 17.5 Å². The van der Waals surface area contributed by atoms with Crippen LogP contribution in [0.1, 0.15) is 18.7 Å². The molecule has 1 aliphatic heterocycles. The first-order chi connectivity index (χ1) is 13.6. The lowest BCUT2D eigenvalue weighted by molar-refractivity contribution is -0.117. The molecule has 2 heterocycles. The van der Waals surface area contributed by atoms with Gasteiger partial charge in [0.2, 0.25) is 5.91 Å². The second-order valence-electron chi connectivity index (χ2n) is 7.53. The van der Waals surface area contributed by atoms with Gasteiger partial charge in [-0.2, -0.15) is 0 Å². The molecule has 146 valence electrons. The lowest BCUT2D eigenvalue weighted by Crippen LogP contribution is -2.40. The number of halogens is 1. The van der Waals surface area contributed by atoms with Crippen LogP contribution in [0.5, 0.6) is 0 Å². The Hall–Kier alpha value is -2.37. The van der Waals surface area contributed by atoms with Crippen molar-refractivity contribution in [1.29, 1.82) is 0 Å². The Kier molecular flexibility index (Phi) is 5.64. The molecule has 0 aliphatic carbocycles. The molecule has 5 nitrogen and oxygen atoms in total. The average Bonchev–Trinajstić information content (AvgIpc) is 3.00.